The van der Waals surface area contributed by atoms with Crippen molar-refractivity contribution in [3.63, 3.8) is 0 Å². The van der Waals surface area contributed by atoms with Crippen molar-refractivity contribution in [2.24, 2.45) is 16.5 Å². The molecule has 0 saturated heterocycles. The first kappa shape index (κ1) is 19.3. The van der Waals surface area contributed by atoms with E-state index in [2.05, 4.69) is 10.3 Å². The minimum Gasteiger partial charge on any atom is -0.370 e. The molecule has 130 valence electrons. The summed E-state index contributed by atoms with van der Waals surface area (Å²) in [7, 11) is 0. The smallest absolute Gasteiger partial charge is 0.370 e. The lowest BCUT2D eigenvalue weighted by Gasteiger charge is -2.24. The third kappa shape index (κ3) is 6.48. The minimum absolute atomic E-state index is 0.0601. The fourth-order valence-electron chi connectivity index (χ4n) is 2.13. The van der Waals surface area contributed by atoms with Gasteiger partial charge in [0, 0.05) is 6.54 Å². The van der Waals surface area contributed by atoms with Crippen molar-refractivity contribution in [3.05, 3.63) is 35.4 Å². The lowest BCUT2D eigenvalue weighted by atomic mass is 9.86. The Morgan fingerprint density at radius 3 is 2.13 bits per heavy atom. The molecule has 1 atom stereocenters. The van der Waals surface area contributed by atoms with Gasteiger partial charge in [-0.2, -0.15) is 13.2 Å². The second-order valence-corrected chi connectivity index (χ2v) is 6.46. The lowest BCUT2D eigenvalue weighted by Crippen LogP contribution is -2.35. The van der Waals surface area contributed by atoms with E-state index in [1.807, 2.05) is 20.8 Å². The van der Waals surface area contributed by atoms with Crippen LogP contribution in [-0.4, -0.2) is 25.2 Å². The Balaban J connectivity index is 2.77. The highest BCUT2D eigenvalue weighted by Crippen LogP contribution is 2.33. The average molecular weight is 330 g/mol. The van der Waals surface area contributed by atoms with Gasteiger partial charge in [0.2, 0.25) is 0 Å². The molecule has 1 aromatic carbocycles. The molecule has 1 aromatic rings. The van der Waals surface area contributed by atoms with E-state index < -0.39 is 12.2 Å². The van der Waals surface area contributed by atoms with Crippen LogP contribution in [0, 0.1) is 0 Å². The molecule has 0 fully saturated rings. The van der Waals surface area contributed by atoms with E-state index in [1.54, 1.807) is 12.1 Å². The van der Waals surface area contributed by atoms with Gasteiger partial charge in [-0.25, -0.2) is 0 Å². The molecule has 1 rings (SSSR count). The van der Waals surface area contributed by atoms with Gasteiger partial charge in [-0.15, -0.1) is 0 Å². The third-order valence-corrected chi connectivity index (χ3v) is 3.42. The van der Waals surface area contributed by atoms with E-state index in [1.165, 1.54) is 12.1 Å². The molecule has 7 heteroatoms. The average Bonchev–Trinajstić information content (AvgIpc) is 2.40. The van der Waals surface area contributed by atoms with Crippen LogP contribution in [0.3, 0.4) is 0 Å². The van der Waals surface area contributed by atoms with Crippen molar-refractivity contribution in [1.82, 2.24) is 5.32 Å². The van der Waals surface area contributed by atoms with Crippen molar-refractivity contribution < 1.29 is 13.2 Å². The Labute approximate surface area is 135 Å². The van der Waals surface area contributed by atoms with E-state index in [9.17, 15) is 13.2 Å². The summed E-state index contributed by atoms with van der Waals surface area (Å²) < 4.78 is 39.7. The van der Waals surface area contributed by atoms with Gasteiger partial charge in [-0.05, 0) is 29.5 Å². The Bertz CT molecular complexity index is 512. The van der Waals surface area contributed by atoms with Gasteiger partial charge < -0.3 is 16.8 Å². The predicted molar refractivity (Wildman–Crippen MR) is 87.2 cm³/mol. The van der Waals surface area contributed by atoms with Gasteiger partial charge in [0.25, 0.3) is 0 Å². The zero-order valence-corrected chi connectivity index (χ0v) is 13.7. The molecule has 0 heterocycles. The van der Waals surface area contributed by atoms with Crippen molar-refractivity contribution in [3.8, 4) is 0 Å². The number of halogens is 3. The normalized spacial score (nSPS) is 13.7. The standard InChI is InChI=1S/C16H25F3N4/c1-15(2,3)12-7-5-11(6-8-12)13(16(17,18)19)22-9-4-10-23-14(20)21/h5-8,13,22H,4,9-10H2,1-3H3,(H4,20,21,23). The predicted octanol–water partition coefficient (Wildman–Crippen LogP) is 2.84. The molecular formula is C16H25F3N4. The van der Waals surface area contributed by atoms with Crippen LogP contribution in [0.5, 0.6) is 0 Å². The molecular weight excluding hydrogens is 305 g/mol. The summed E-state index contributed by atoms with van der Waals surface area (Å²) in [6.07, 6.45) is -3.94. The van der Waals surface area contributed by atoms with E-state index in [0.29, 0.717) is 13.0 Å². The molecule has 0 amide bonds. The molecule has 0 spiro atoms. The number of hydrogen-bond donors (Lipinski definition) is 3. The Morgan fingerprint density at radius 1 is 1.13 bits per heavy atom. The third-order valence-electron chi connectivity index (χ3n) is 3.42. The first-order valence-electron chi connectivity index (χ1n) is 7.48. The van der Waals surface area contributed by atoms with Gasteiger partial charge in [0.1, 0.15) is 6.04 Å². The minimum atomic E-state index is -4.36. The molecule has 4 nitrogen and oxygen atoms in total. The topological polar surface area (TPSA) is 76.4 Å². The molecule has 5 N–H and O–H groups in total. The van der Waals surface area contributed by atoms with Crippen molar-refractivity contribution >= 4 is 5.96 Å². The lowest BCUT2D eigenvalue weighted by molar-refractivity contribution is -0.157. The van der Waals surface area contributed by atoms with E-state index >= 15 is 0 Å². The van der Waals surface area contributed by atoms with Gasteiger partial charge in [0.15, 0.2) is 5.96 Å². The van der Waals surface area contributed by atoms with E-state index in [-0.39, 0.29) is 23.5 Å². The van der Waals surface area contributed by atoms with Crippen LogP contribution in [-0.2, 0) is 5.41 Å². The first-order valence-corrected chi connectivity index (χ1v) is 7.48. The van der Waals surface area contributed by atoms with Gasteiger partial charge in [0.05, 0.1) is 0 Å². The highest BCUT2D eigenvalue weighted by atomic mass is 19.4. The quantitative estimate of drug-likeness (QED) is 0.426. The van der Waals surface area contributed by atoms with Gasteiger partial charge >= 0.3 is 6.18 Å². The van der Waals surface area contributed by atoms with E-state index in [4.69, 9.17) is 11.5 Å². The van der Waals surface area contributed by atoms with Gasteiger partial charge in [-0.1, -0.05) is 45.0 Å². The van der Waals surface area contributed by atoms with Crippen LogP contribution in [0.2, 0.25) is 0 Å². The van der Waals surface area contributed by atoms with Crippen LogP contribution in [0.1, 0.15) is 44.4 Å². The fourth-order valence-corrected chi connectivity index (χ4v) is 2.13. The van der Waals surface area contributed by atoms with Crippen LogP contribution in [0.25, 0.3) is 0 Å². The maximum atomic E-state index is 13.2. The summed E-state index contributed by atoms with van der Waals surface area (Å²) >= 11 is 0. The zero-order valence-electron chi connectivity index (χ0n) is 13.7. The Morgan fingerprint density at radius 2 is 1.70 bits per heavy atom. The molecule has 23 heavy (non-hydrogen) atoms. The summed E-state index contributed by atoms with van der Waals surface area (Å²) in [6.45, 7) is 6.52. The van der Waals surface area contributed by atoms with Crippen LogP contribution in [0.4, 0.5) is 13.2 Å². The first-order chi connectivity index (χ1) is 10.5. The number of alkyl halides is 3. The molecule has 0 bridgehead atoms. The molecule has 0 aliphatic heterocycles. The van der Waals surface area contributed by atoms with Crippen LogP contribution in [0.15, 0.2) is 29.3 Å². The largest absolute Gasteiger partial charge is 0.407 e. The van der Waals surface area contributed by atoms with Gasteiger partial charge in [-0.3, -0.25) is 4.99 Å². The maximum absolute atomic E-state index is 13.2. The number of hydrogen-bond acceptors (Lipinski definition) is 2. The number of aliphatic imine (C=N–C) groups is 1. The van der Waals surface area contributed by atoms with Crippen LogP contribution < -0.4 is 16.8 Å². The number of rotatable bonds is 6. The molecule has 0 aliphatic rings. The maximum Gasteiger partial charge on any atom is 0.407 e. The monoisotopic (exact) mass is 330 g/mol. The second-order valence-electron chi connectivity index (χ2n) is 6.46. The van der Waals surface area contributed by atoms with Crippen molar-refractivity contribution in [2.45, 2.75) is 44.8 Å². The molecule has 0 radical (unpaired) electrons. The summed E-state index contributed by atoms with van der Waals surface area (Å²) in [5.41, 5.74) is 11.4. The summed E-state index contributed by atoms with van der Waals surface area (Å²) in [4.78, 5) is 3.75. The van der Waals surface area contributed by atoms with Crippen LogP contribution >= 0.6 is 0 Å². The number of nitrogens with zero attached hydrogens (tertiary/aromatic N) is 1. The van der Waals surface area contributed by atoms with E-state index in [0.717, 1.165) is 5.56 Å². The molecule has 1 unspecified atom stereocenters. The Hall–Kier alpha value is -1.76. The highest BCUT2D eigenvalue weighted by Gasteiger charge is 2.40. The zero-order chi connectivity index (χ0) is 17.7. The second kappa shape index (κ2) is 7.68. The molecule has 0 saturated carbocycles. The summed E-state index contributed by atoms with van der Waals surface area (Å²) in [6, 6.07) is 4.85. The molecule has 0 aliphatic carbocycles. The number of benzene rings is 1. The SMILES string of the molecule is CC(C)(C)c1ccc(C(NCCCN=C(N)N)C(F)(F)F)cc1. The Kier molecular flexibility index (Phi) is 6.44. The fraction of sp³-hybridized carbons (Fsp3) is 0.562. The summed E-state index contributed by atoms with van der Waals surface area (Å²) in [5, 5.41) is 2.53. The van der Waals surface area contributed by atoms with Crippen molar-refractivity contribution in [1.29, 1.82) is 0 Å². The van der Waals surface area contributed by atoms with Crippen molar-refractivity contribution in [2.75, 3.05) is 13.1 Å². The summed E-state index contributed by atoms with van der Waals surface area (Å²) in [5.74, 6) is -0.0601. The number of nitrogens with one attached hydrogen (secondary N) is 1. The molecule has 0 aromatic heterocycles. The number of guanidine groups is 1. The highest BCUT2D eigenvalue weighted by molar-refractivity contribution is 5.75. The number of nitrogens with two attached hydrogens (primary N) is 2.